The van der Waals surface area contributed by atoms with Gasteiger partial charge in [0.1, 0.15) is 19.2 Å². The predicted molar refractivity (Wildman–Crippen MR) is 214 cm³/mol. The molecule has 0 aliphatic heterocycles. The van der Waals surface area contributed by atoms with Gasteiger partial charge in [0, 0.05) is 24.1 Å². The van der Waals surface area contributed by atoms with Crippen molar-refractivity contribution in [3.05, 3.63) is 206 Å². The second-order valence-corrected chi connectivity index (χ2v) is 13.0. The lowest BCUT2D eigenvalue weighted by Crippen LogP contribution is -2.74. The van der Waals surface area contributed by atoms with Crippen molar-refractivity contribution in [1.29, 1.82) is 0 Å². The Kier molecular flexibility index (Phi) is 13.2. The maximum absolute atomic E-state index is 11.4. The highest BCUT2D eigenvalue weighted by atomic mass is 16.1. The van der Waals surface area contributed by atoms with Crippen molar-refractivity contribution in [3.63, 3.8) is 0 Å². The molecule has 1 N–H and O–H groups in total. The van der Waals surface area contributed by atoms with Gasteiger partial charge in [-0.05, 0) is 13.0 Å². The van der Waals surface area contributed by atoms with E-state index < -0.39 is 6.15 Å². The number of amides is 1. The number of hydrogen-bond donors (Lipinski definition) is 1. The number of carbonyl (C=O) groups excluding carboxylic acids is 1. The highest BCUT2D eigenvalue weighted by molar-refractivity contribution is 7.19. The first kappa shape index (κ1) is 35.9. The molecule has 0 spiro atoms. The predicted octanol–water partition coefficient (Wildman–Crippen LogP) is 6.98. The van der Waals surface area contributed by atoms with Crippen LogP contribution in [0.1, 0.15) is 24.5 Å². The molecule has 0 fully saturated rings. The number of nitrogens with one attached hydrogen (secondary N) is 1. The summed E-state index contributed by atoms with van der Waals surface area (Å²) in [5.74, 6) is -0.0966. The molecule has 0 bridgehead atoms. The van der Waals surface area contributed by atoms with Gasteiger partial charge in [0.25, 0.3) is 0 Å². The quantitative estimate of drug-likeness (QED) is 0.0583. The normalized spacial score (nSPS) is 11.1. The highest BCUT2D eigenvalue weighted by Gasteiger charge is 2.31. The Balaban J connectivity index is 0.000000194. The number of hydrogen-bond acceptors (Lipinski definition) is 1. The smallest absolute Gasteiger partial charge is 0.243 e. The molecule has 1 amide bonds. The Morgan fingerprint density at radius 3 is 1.18 bits per heavy atom. The first-order valence-electron chi connectivity index (χ1n) is 17.8. The van der Waals surface area contributed by atoms with E-state index in [-0.39, 0.29) is 5.91 Å². The number of rotatable bonds is 14. The lowest BCUT2D eigenvalue weighted by Gasteiger charge is -2.44. The number of nitrogens with zero attached hydrogens (tertiary/aromatic N) is 1. The molecule has 4 heteroatoms. The lowest BCUT2D eigenvalue weighted by atomic mass is 9.13. The summed E-state index contributed by atoms with van der Waals surface area (Å²) in [6.45, 7) is 10.5. The van der Waals surface area contributed by atoms with E-state index in [9.17, 15) is 4.79 Å². The van der Waals surface area contributed by atoms with E-state index in [0.29, 0.717) is 6.54 Å². The fraction of sp³-hybridized carbons (Fsp3) is 0.152. The number of quaternary nitrogens is 1. The van der Waals surface area contributed by atoms with Crippen molar-refractivity contribution in [2.24, 2.45) is 0 Å². The van der Waals surface area contributed by atoms with Gasteiger partial charge in [-0.2, -0.15) is 21.9 Å². The molecule has 6 rings (SSSR count). The van der Waals surface area contributed by atoms with Crippen molar-refractivity contribution in [2.45, 2.75) is 26.4 Å². The van der Waals surface area contributed by atoms with Crippen LogP contribution in [0.2, 0.25) is 0 Å². The van der Waals surface area contributed by atoms with Crippen molar-refractivity contribution in [1.82, 2.24) is 5.32 Å². The second kappa shape index (κ2) is 18.4. The van der Waals surface area contributed by atoms with Gasteiger partial charge < -0.3 is 9.80 Å². The molecule has 0 heterocycles. The van der Waals surface area contributed by atoms with Crippen LogP contribution in [0.25, 0.3) is 0 Å². The van der Waals surface area contributed by atoms with Crippen LogP contribution >= 0.6 is 0 Å². The molecule has 3 nitrogen and oxygen atoms in total. The van der Waals surface area contributed by atoms with Gasteiger partial charge in [-0.15, -0.1) is 0 Å². The Morgan fingerprint density at radius 1 is 0.560 bits per heavy atom. The van der Waals surface area contributed by atoms with Crippen LogP contribution in [0.15, 0.2) is 195 Å². The summed E-state index contributed by atoms with van der Waals surface area (Å²) in [7, 11) is 0. The van der Waals surface area contributed by atoms with Crippen LogP contribution in [-0.2, 0) is 17.9 Å². The third-order valence-corrected chi connectivity index (χ3v) is 9.88. The summed E-state index contributed by atoms with van der Waals surface area (Å²) in [5, 5.41) is 2.89. The van der Waals surface area contributed by atoms with E-state index in [1.54, 1.807) is 0 Å². The van der Waals surface area contributed by atoms with Crippen LogP contribution in [0.3, 0.4) is 0 Å². The zero-order chi connectivity index (χ0) is 34.9. The highest BCUT2D eigenvalue weighted by Crippen LogP contribution is 2.20. The minimum absolute atomic E-state index is 0.0966. The van der Waals surface area contributed by atoms with Crippen LogP contribution in [0.5, 0.6) is 0 Å². The monoisotopic (exact) mass is 656 g/mol. The van der Waals surface area contributed by atoms with E-state index in [4.69, 9.17) is 0 Å². The maximum atomic E-state index is 11.4. The van der Waals surface area contributed by atoms with Crippen LogP contribution in [-0.4, -0.2) is 36.2 Å². The maximum Gasteiger partial charge on any atom is 0.243 e. The van der Waals surface area contributed by atoms with E-state index >= 15 is 0 Å². The molecule has 0 saturated heterocycles. The van der Waals surface area contributed by atoms with Crippen LogP contribution < -0.4 is 27.2 Å². The molecule has 6 aromatic carbocycles. The first-order valence-corrected chi connectivity index (χ1v) is 17.8. The fourth-order valence-corrected chi connectivity index (χ4v) is 7.36. The molecule has 6 aromatic rings. The van der Waals surface area contributed by atoms with E-state index in [1.807, 2.05) is 0 Å². The van der Waals surface area contributed by atoms with E-state index in [2.05, 4.69) is 201 Å². The third-order valence-electron chi connectivity index (χ3n) is 9.88. The molecular formula is C46H49BN2O. The van der Waals surface area contributed by atoms with Gasteiger partial charge in [-0.25, -0.2) is 0 Å². The van der Waals surface area contributed by atoms with Crippen molar-refractivity contribution in [2.75, 3.05) is 19.6 Å². The van der Waals surface area contributed by atoms with E-state index in [1.165, 1.54) is 39.1 Å². The summed E-state index contributed by atoms with van der Waals surface area (Å²) in [6, 6.07) is 64.9. The number of carbonyl (C=O) groups is 1. The van der Waals surface area contributed by atoms with Gasteiger partial charge in [-0.3, -0.25) is 4.79 Å². The average molecular weight is 657 g/mol. The molecule has 252 valence electrons. The zero-order valence-corrected chi connectivity index (χ0v) is 29.3. The summed E-state index contributed by atoms with van der Waals surface area (Å²) >= 11 is 0. The summed E-state index contributed by atoms with van der Waals surface area (Å²) in [4.78, 5) is 11.4. The molecule has 0 aliphatic rings. The largest absolute Gasteiger partial charge is 0.352 e. The Labute approximate surface area is 299 Å². The van der Waals surface area contributed by atoms with Gasteiger partial charge in [0.05, 0.1) is 13.1 Å². The number of benzene rings is 6. The summed E-state index contributed by atoms with van der Waals surface area (Å²) < 4.78 is 0.984. The van der Waals surface area contributed by atoms with Crippen molar-refractivity contribution in [3.8, 4) is 0 Å². The Hall–Kier alpha value is -5.45. The van der Waals surface area contributed by atoms with Crippen molar-refractivity contribution >= 4 is 33.9 Å². The third kappa shape index (κ3) is 9.16. The molecule has 50 heavy (non-hydrogen) atoms. The Morgan fingerprint density at radius 2 is 0.880 bits per heavy atom. The van der Waals surface area contributed by atoms with Gasteiger partial charge in [0.2, 0.25) is 5.91 Å². The second-order valence-electron chi connectivity index (χ2n) is 13.0. The van der Waals surface area contributed by atoms with Gasteiger partial charge >= 0.3 is 0 Å². The summed E-state index contributed by atoms with van der Waals surface area (Å²) in [5.41, 5.74) is 8.07. The molecule has 0 saturated carbocycles. The molecular weight excluding hydrogens is 607 g/mol. The average Bonchev–Trinajstić information content (AvgIpc) is 3.19. The molecule has 0 aromatic heterocycles. The zero-order valence-electron chi connectivity index (χ0n) is 29.3. The molecule has 0 radical (unpaired) electrons. The lowest BCUT2D eigenvalue weighted by molar-refractivity contribution is -0.952. The standard InChI is InChI=1S/C24H20B.C22H28N2O/c1-5-13-21(14-6-1)25(22-15-7-2-8-16-22,23-17-9-3-10-18-23)24-19-11-4-12-20-24;1-3-22(25)23-16-11-17-24(4-2,18-20-12-7-5-8-13-20)19-21-14-9-6-10-15-21/h1-20H;3,5-10,12-15H,1,4,11,16-19H2,2H3/q-1;/p+1. The van der Waals surface area contributed by atoms with Crippen LogP contribution in [0, 0.1) is 0 Å². The molecule has 0 unspecified atom stereocenters. The van der Waals surface area contributed by atoms with E-state index in [0.717, 1.165) is 37.1 Å². The first-order chi connectivity index (χ1) is 24.6. The minimum Gasteiger partial charge on any atom is -0.352 e. The SMILES string of the molecule is C=CC(=O)NCCC[N+](CC)(Cc1ccccc1)Cc1ccccc1.c1ccc([B-](c2ccccc2)(c2ccccc2)c2ccccc2)cc1. The van der Waals surface area contributed by atoms with Gasteiger partial charge in [-0.1, -0.05) is 189 Å². The molecule has 0 aliphatic carbocycles. The van der Waals surface area contributed by atoms with Crippen molar-refractivity contribution < 1.29 is 9.28 Å². The van der Waals surface area contributed by atoms with Gasteiger partial charge in [0.15, 0.2) is 0 Å². The summed E-state index contributed by atoms with van der Waals surface area (Å²) in [6.07, 6.45) is 1.07. The Bertz CT molecular complexity index is 1640. The minimum atomic E-state index is -1.22. The van der Waals surface area contributed by atoms with Crippen LogP contribution in [0.4, 0.5) is 0 Å². The topological polar surface area (TPSA) is 29.1 Å². The molecule has 0 atom stereocenters. The fourth-order valence-electron chi connectivity index (χ4n) is 7.36.